The van der Waals surface area contributed by atoms with E-state index in [2.05, 4.69) is 26.6 Å². The smallest absolute Gasteiger partial charge is 0.374 e. The molecule has 5 heterocycles. The molecule has 1 aliphatic heterocycles. The molecule has 2 saturated carbocycles. The summed E-state index contributed by atoms with van der Waals surface area (Å²) in [5.74, 6) is -1.62. The number of morpholine rings is 1. The van der Waals surface area contributed by atoms with Crippen molar-refractivity contribution in [1.29, 1.82) is 0 Å². The summed E-state index contributed by atoms with van der Waals surface area (Å²) in [6.45, 7) is 3.75. The molecule has 7 rings (SSSR count). The van der Waals surface area contributed by atoms with E-state index in [1.807, 2.05) is 4.90 Å². The lowest BCUT2D eigenvalue weighted by atomic mass is 9.83. The van der Waals surface area contributed by atoms with Crippen LogP contribution in [0.3, 0.4) is 0 Å². The van der Waals surface area contributed by atoms with Crippen LogP contribution in [0.1, 0.15) is 45.4 Å². The number of imidazole rings is 1. The first kappa shape index (κ1) is 26.5. The minimum absolute atomic E-state index is 0.160. The molecule has 10 nitrogen and oxygen atoms in total. The third kappa shape index (κ3) is 5.01. The highest BCUT2D eigenvalue weighted by Gasteiger charge is 2.51. The Kier molecular flexibility index (Phi) is 6.57. The Morgan fingerprint density at radius 1 is 1.15 bits per heavy atom. The van der Waals surface area contributed by atoms with Crippen LogP contribution in [0.15, 0.2) is 33.8 Å². The molecule has 0 amide bonds. The van der Waals surface area contributed by atoms with E-state index in [1.165, 1.54) is 0 Å². The molecule has 13 heteroatoms. The normalized spacial score (nSPS) is 26.0. The number of halogens is 3. The first-order valence-corrected chi connectivity index (χ1v) is 14.5. The first-order chi connectivity index (χ1) is 19.7. The van der Waals surface area contributed by atoms with Gasteiger partial charge in [0.15, 0.2) is 0 Å². The lowest BCUT2D eigenvalue weighted by molar-refractivity contribution is -0.0208. The number of anilines is 1. The Labute approximate surface area is 239 Å². The van der Waals surface area contributed by atoms with Crippen molar-refractivity contribution < 1.29 is 18.0 Å². The molecule has 2 atom stereocenters. The number of aromatic nitrogens is 6. The van der Waals surface area contributed by atoms with Gasteiger partial charge < -0.3 is 14.2 Å². The van der Waals surface area contributed by atoms with Crippen LogP contribution in [0, 0.1) is 11.8 Å². The first-order valence-electron chi connectivity index (χ1n) is 14.1. The van der Waals surface area contributed by atoms with Gasteiger partial charge in [-0.2, -0.15) is 0 Å². The zero-order valence-electron chi connectivity index (χ0n) is 22.5. The lowest BCUT2D eigenvalue weighted by Crippen LogP contribution is -2.49. The SMILES string of the molecule is CC1CCC(Cn2c(N3CCO[C@H]4CC(F)(F)C[C@@H]43)nc3cc(-c4noc(=O)[nH]4)nc(-c4cncc(Cl)c4)c32)CC1. The molecule has 216 valence electrons. The molecule has 0 unspecified atom stereocenters. The summed E-state index contributed by atoms with van der Waals surface area (Å²) in [5, 5.41) is 4.27. The van der Waals surface area contributed by atoms with E-state index in [4.69, 9.17) is 30.8 Å². The number of nitrogens with one attached hydrogen (secondary N) is 1. The van der Waals surface area contributed by atoms with E-state index < -0.39 is 23.8 Å². The summed E-state index contributed by atoms with van der Waals surface area (Å²) in [6, 6.07) is 3.03. The quantitative estimate of drug-likeness (QED) is 0.335. The van der Waals surface area contributed by atoms with Gasteiger partial charge in [0.25, 0.3) is 5.92 Å². The molecular weight excluding hydrogens is 556 g/mol. The Morgan fingerprint density at radius 2 is 1.98 bits per heavy atom. The predicted octanol–water partition coefficient (Wildman–Crippen LogP) is 5.32. The molecule has 3 aliphatic rings. The predicted molar refractivity (Wildman–Crippen MR) is 148 cm³/mol. The number of alkyl halides is 2. The van der Waals surface area contributed by atoms with E-state index in [1.54, 1.807) is 24.5 Å². The van der Waals surface area contributed by atoms with Crippen LogP contribution in [-0.4, -0.2) is 60.9 Å². The molecule has 41 heavy (non-hydrogen) atoms. The standard InChI is InChI=1S/C28H30ClF2N7O3/c1-15-2-4-16(5-3-15)14-38-24-19(34-26(38)37-6-7-40-22-11-28(30,31)10-21(22)37)9-20(25-35-27(39)41-36-25)33-23(24)17-8-18(29)13-32-12-17/h8-9,12-13,15-16,21-22H,2-7,10-11,14H2,1H3,(H,35,36,39)/t15?,16?,21-,22-/m0/s1. The van der Waals surface area contributed by atoms with E-state index in [-0.39, 0.29) is 18.7 Å². The zero-order chi connectivity index (χ0) is 28.3. The van der Waals surface area contributed by atoms with Crippen molar-refractivity contribution in [3.63, 3.8) is 0 Å². The number of ether oxygens (including phenoxy) is 1. The molecule has 4 aromatic rings. The number of hydrogen-bond acceptors (Lipinski definition) is 8. The van der Waals surface area contributed by atoms with E-state index in [0.717, 1.165) is 31.2 Å². The van der Waals surface area contributed by atoms with Gasteiger partial charge in [-0.05, 0) is 36.8 Å². The number of rotatable bonds is 5. The van der Waals surface area contributed by atoms with Crippen molar-refractivity contribution in [2.45, 2.75) is 70.1 Å². The van der Waals surface area contributed by atoms with Gasteiger partial charge in [-0.3, -0.25) is 14.5 Å². The van der Waals surface area contributed by atoms with Crippen molar-refractivity contribution in [3.05, 3.63) is 40.1 Å². The van der Waals surface area contributed by atoms with Gasteiger partial charge in [-0.1, -0.05) is 36.5 Å². The Balaban J connectivity index is 1.44. The molecule has 1 N–H and O–H groups in total. The molecule has 0 radical (unpaired) electrons. The van der Waals surface area contributed by atoms with Crippen LogP contribution < -0.4 is 10.7 Å². The van der Waals surface area contributed by atoms with Crippen molar-refractivity contribution >= 4 is 28.6 Å². The molecule has 0 bridgehead atoms. The number of fused-ring (bicyclic) bond motifs is 2. The number of hydrogen-bond donors (Lipinski definition) is 1. The van der Waals surface area contributed by atoms with Gasteiger partial charge in [-0.25, -0.2) is 23.5 Å². The van der Waals surface area contributed by atoms with Gasteiger partial charge in [0.1, 0.15) is 5.69 Å². The largest absolute Gasteiger partial charge is 0.439 e. The van der Waals surface area contributed by atoms with Crippen molar-refractivity contribution in [2.75, 3.05) is 18.1 Å². The number of nitrogens with zero attached hydrogens (tertiary/aromatic N) is 6. The lowest BCUT2D eigenvalue weighted by Gasteiger charge is -2.38. The average molecular weight is 586 g/mol. The summed E-state index contributed by atoms with van der Waals surface area (Å²) >= 11 is 6.35. The van der Waals surface area contributed by atoms with Crippen LogP contribution in [-0.2, 0) is 11.3 Å². The molecule has 0 aromatic carbocycles. The van der Waals surface area contributed by atoms with E-state index >= 15 is 0 Å². The third-order valence-electron chi connectivity index (χ3n) is 8.70. The van der Waals surface area contributed by atoms with Gasteiger partial charge >= 0.3 is 5.76 Å². The second-order valence-corrected chi connectivity index (χ2v) is 12.1. The summed E-state index contributed by atoms with van der Waals surface area (Å²) in [7, 11) is 0. The van der Waals surface area contributed by atoms with Crippen LogP contribution >= 0.6 is 11.6 Å². The summed E-state index contributed by atoms with van der Waals surface area (Å²) in [5.41, 5.74) is 2.92. The fourth-order valence-corrected chi connectivity index (χ4v) is 6.83. The Morgan fingerprint density at radius 3 is 2.73 bits per heavy atom. The van der Waals surface area contributed by atoms with Gasteiger partial charge in [0, 0.05) is 43.9 Å². The minimum Gasteiger partial charge on any atom is -0.374 e. The van der Waals surface area contributed by atoms with Crippen LogP contribution in [0.25, 0.3) is 33.8 Å². The van der Waals surface area contributed by atoms with Crippen LogP contribution in [0.2, 0.25) is 5.02 Å². The highest BCUT2D eigenvalue weighted by Crippen LogP contribution is 2.44. The second kappa shape index (κ2) is 10.2. The Hall–Kier alpha value is -3.38. The monoisotopic (exact) mass is 585 g/mol. The molecule has 0 spiro atoms. The highest BCUT2D eigenvalue weighted by atomic mass is 35.5. The molecule has 2 aliphatic carbocycles. The number of pyridine rings is 2. The molecule has 4 aromatic heterocycles. The minimum atomic E-state index is -2.79. The second-order valence-electron chi connectivity index (χ2n) is 11.6. The summed E-state index contributed by atoms with van der Waals surface area (Å²) in [6.07, 6.45) is 6.53. The van der Waals surface area contributed by atoms with Gasteiger partial charge in [0.2, 0.25) is 11.8 Å². The average Bonchev–Trinajstić information content (AvgIpc) is 3.63. The summed E-state index contributed by atoms with van der Waals surface area (Å²) < 4.78 is 41.9. The molecular formula is C28H30ClF2N7O3. The zero-order valence-corrected chi connectivity index (χ0v) is 23.3. The number of aromatic amines is 1. The van der Waals surface area contributed by atoms with Crippen LogP contribution in [0.5, 0.6) is 0 Å². The molecule has 1 saturated heterocycles. The van der Waals surface area contributed by atoms with Gasteiger partial charge in [-0.15, -0.1) is 0 Å². The van der Waals surface area contributed by atoms with Crippen molar-refractivity contribution in [2.24, 2.45) is 11.8 Å². The number of H-pyrrole nitrogens is 1. The van der Waals surface area contributed by atoms with Crippen LogP contribution in [0.4, 0.5) is 14.7 Å². The maximum atomic E-state index is 14.6. The fraction of sp³-hybridized carbons (Fsp3) is 0.536. The third-order valence-corrected chi connectivity index (χ3v) is 8.91. The highest BCUT2D eigenvalue weighted by molar-refractivity contribution is 6.30. The Bertz CT molecular complexity index is 1650. The summed E-state index contributed by atoms with van der Waals surface area (Å²) in [4.78, 5) is 30.6. The van der Waals surface area contributed by atoms with Crippen molar-refractivity contribution in [3.8, 4) is 22.8 Å². The fourth-order valence-electron chi connectivity index (χ4n) is 6.66. The maximum absolute atomic E-state index is 14.6. The van der Waals surface area contributed by atoms with E-state index in [0.29, 0.717) is 65.0 Å². The topological polar surface area (TPSA) is 115 Å². The maximum Gasteiger partial charge on any atom is 0.439 e. The molecule has 3 fully saturated rings. The van der Waals surface area contributed by atoms with E-state index in [9.17, 15) is 13.6 Å². The van der Waals surface area contributed by atoms with Crippen molar-refractivity contribution in [1.82, 2.24) is 29.7 Å². The van der Waals surface area contributed by atoms with Gasteiger partial charge in [0.05, 0.1) is 40.5 Å².